The molecule has 1 saturated heterocycles. The van der Waals surface area contributed by atoms with Crippen LogP contribution in [0.5, 0.6) is 5.75 Å². The van der Waals surface area contributed by atoms with Gasteiger partial charge in [0.2, 0.25) is 0 Å². The van der Waals surface area contributed by atoms with Gasteiger partial charge in [-0.3, -0.25) is 0 Å². The van der Waals surface area contributed by atoms with Crippen LogP contribution in [-0.2, 0) is 21.3 Å². The Bertz CT molecular complexity index is 1080. The van der Waals surface area contributed by atoms with Crippen LogP contribution < -0.4 is 0 Å². The second-order valence-corrected chi connectivity index (χ2v) is 11.5. The van der Waals surface area contributed by atoms with Gasteiger partial charge in [-0.1, -0.05) is 45.0 Å². The van der Waals surface area contributed by atoms with E-state index in [2.05, 4.69) is 45.9 Å². The first kappa shape index (κ1) is 27.0. The summed E-state index contributed by atoms with van der Waals surface area (Å²) in [5.41, 5.74) is 6.38. The van der Waals surface area contributed by atoms with Crippen molar-refractivity contribution in [3.8, 4) is 5.75 Å². The molecule has 36 heavy (non-hydrogen) atoms. The first-order chi connectivity index (χ1) is 16.9. The number of hydrogen-bond acceptors (Lipinski definition) is 7. The lowest BCUT2D eigenvalue weighted by atomic mass is 9.66. The van der Waals surface area contributed by atoms with Crippen LogP contribution in [0.3, 0.4) is 0 Å². The maximum absolute atomic E-state index is 10.4. The molecule has 7 atom stereocenters. The molecule has 2 aromatic carbocycles. The lowest BCUT2D eigenvalue weighted by molar-refractivity contribution is -0.274. The topological polar surface area (TPSA) is 120 Å². The molecule has 4 rings (SSSR count). The van der Waals surface area contributed by atoms with Crippen molar-refractivity contribution >= 4 is 0 Å². The van der Waals surface area contributed by atoms with Gasteiger partial charge in [-0.05, 0) is 77.0 Å². The molecule has 0 amide bonds. The molecular weight excluding hydrogens is 460 g/mol. The monoisotopic (exact) mass is 500 g/mol. The SMILES string of the molecule is Cc1cc2c(cc1O)C[C@H](CO)[C@@H](CO[C@@H]1OC[C@@H](O)[C@H](O)[C@H]1O)C2c1ccc(C)c(C(C)(C)C)c1. The van der Waals surface area contributed by atoms with E-state index in [4.69, 9.17) is 9.47 Å². The Balaban J connectivity index is 1.76. The summed E-state index contributed by atoms with van der Waals surface area (Å²) >= 11 is 0. The van der Waals surface area contributed by atoms with E-state index in [1.54, 1.807) is 0 Å². The highest BCUT2D eigenvalue weighted by molar-refractivity contribution is 5.50. The highest BCUT2D eigenvalue weighted by Gasteiger charge is 2.42. The molecular formula is C29H40O7. The maximum Gasteiger partial charge on any atom is 0.186 e. The lowest BCUT2D eigenvalue weighted by Crippen LogP contribution is -2.54. The van der Waals surface area contributed by atoms with E-state index < -0.39 is 24.6 Å². The van der Waals surface area contributed by atoms with Gasteiger partial charge in [0.15, 0.2) is 6.29 Å². The minimum absolute atomic E-state index is 0.0537. The summed E-state index contributed by atoms with van der Waals surface area (Å²) in [5.74, 6) is -0.186. The number of benzene rings is 2. The number of phenols is 1. The summed E-state index contributed by atoms with van der Waals surface area (Å²) in [5, 5.41) is 51.1. The van der Waals surface area contributed by atoms with Gasteiger partial charge in [0.1, 0.15) is 24.1 Å². The highest BCUT2D eigenvalue weighted by atomic mass is 16.7. The van der Waals surface area contributed by atoms with Crippen LogP contribution in [0.4, 0.5) is 0 Å². The number of aryl methyl sites for hydroxylation is 2. The molecule has 0 spiro atoms. The quantitative estimate of drug-likeness (QED) is 0.428. The molecule has 198 valence electrons. The van der Waals surface area contributed by atoms with Gasteiger partial charge in [-0.2, -0.15) is 0 Å². The summed E-state index contributed by atoms with van der Waals surface area (Å²) in [6.07, 6.45) is -4.38. The third kappa shape index (κ3) is 5.19. The molecule has 7 heteroatoms. The minimum Gasteiger partial charge on any atom is -0.508 e. The first-order valence-corrected chi connectivity index (χ1v) is 12.7. The van der Waals surface area contributed by atoms with Crippen LogP contribution in [0, 0.1) is 25.7 Å². The molecule has 1 aliphatic carbocycles. The second kappa shape index (κ2) is 10.4. The summed E-state index contributed by atoms with van der Waals surface area (Å²) < 4.78 is 11.5. The van der Waals surface area contributed by atoms with Crippen molar-refractivity contribution in [1.82, 2.24) is 0 Å². The van der Waals surface area contributed by atoms with E-state index in [9.17, 15) is 25.5 Å². The zero-order valence-electron chi connectivity index (χ0n) is 21.8. The number of ether oxygens (including phenoxy) is 2. The van der Waals surface area contributed by atoms with Crippen molar-refractivity contribution in [2.75, 3.05) is 19.8 Å². The average molecular weight is 501 g/mol. The Kier molecular flexibility index (Phi) is 7.81. The predicted octanol–water partition coefficient (Wildman–Crippen LogP) is 2.67. The number of hydrogen-bond donors (Lipinski definition) is 5. The predicted molar refractivity (Wildman–Crippen MR) is 136 cm³/mol. The third-order valence-electron chi connectivity index (χ3n) is 7.88. The summed E-state index contributed by atoms with van der Waals surface area (Å²) in [6.45, 7) is 10.5. The normalized spacial score (nSPS) is 30.8. The Morgan fingerprint density at radius 1 is 1.00 bits per heavy atom. The largest absolute Gasteiger partial charge is 0.508 e. The zero-order valence-corrected chi connectivity index (χ0v) is 21.8. The number of aliphatic hydroxyl groups excluding tert-OH is 4. The van der Waals surface area contributed by atoms with Crippen LogP contribution >= 0.6 is 0 Å². The van der Waals surface area contributed by atoms with Crippen molar-refractivity contribution in [3.05, 3.63) is 63.7 Å². The molecule has 7 nitrogen and oxygen atoms in total. The van der Waals surface area contributed by atoms with Crippen molar-refractivity contribution in [2.45, 2.75) is 77.0 Å². The number of aliphatic hydroxyl groups is 4. The molecule has 0 bridgehead atoms. The Labute approximate surface area is 213 Å². The van der Waals surface area contributed by atoms with E-state index in [1.165, 1.54) is 11.1 Å². The van der Waals surface area contributed by atoms with Crippen LogP contribution in [0.25, 0.3) is 0 Å². The molecule has 1 aliphatic heterocycles. The number of phenolic OH excluding ortho intramolecular Hbond substituents is 1. The Morgan fingerprint density at radius 2 is 1.72 bits per heavy atom. The van der Waals surface area contributed by atoms with Crippen molar-refractivity contribution < 1.29 is 35.0 Å². The van der Waals surface area contributed by atoms with Crippen molar-refractivity contribution in [1.29, 1.82) is 0 Å². The van der Waals surface area contributed by atoms with Gasteiger partial charge in [0.25, 0.3) is 0 Å². The van der Waals surface area contributed by atoms with Gasteiger partial charge in [0.05, 0.1) is 13.2 Å². The van der Waals surface area contributed by atoms with Gasteiger partial charge in [0, 0.05) is 12.5 Å². The van der Waals surface area contributed by atoms with Gasteiger partial charge in [-0.15, -0.1) is 0 Å². The van der Waals surface area contributed by atoms with Gasteiger partial charge in [-0.25, -0.2) is 0 Å². The maximum atomic E-state index is 10.4. The van der Waals surface area contributed by atoms with E-state index in [0.717, 1.165) is 22.3 Å². The van der Waals surface area contributed by atoms with Crippen LogP contribution in [0.1, 0.15) is 60.1 Å². The Morgan fingerprint density at radius 3 is 2.39 bits per heavy atom. The smallest absolute Gasteiger partial charge is 0.186 e. The van der Waals surface area contributed by atoms with Crippen molar-refractivity contribution in [2.24, 2.45) is 11.8 Å². The van der Waals surface area contributed by atoms with Gasteiger partial charge < -0.3 is 35.0 Å². The number of fused-ring (bicyclic) bond motifs is 1. The highest BCUT2D eigenvalue weighted by Crippen LogP contribution is 2.46. The fraction of sp³-hybridized carbons (Fsp3) is 0.586. The van der Waals surface area contributed by atoms with Crippen molar-refractivity contribution in [3.63, 3.8) is 0 Å². The third-order valence-corrected chi connectivity index (χ3v) is 7.88. The molecule has 1 heterocycles. The molecule has 1 unspecified atom stereocenters. The second-order valence-electron chi connectivity index (χ2n) is 11.5. The molecule has 0 saturated carbocycles. The summed E-state index contributed by atoms with van der Waals surface area (Å²) in [7, 11) is 0. The minimum atomic E-state index is -1.37. The average Bonchev–Trinajstić information content (AvgIpc) is 2.82. The van der Waals surface area contributed by atoms with Crippen LogP contribution in [-0.4, -0.2) is 70.0 Å². The molecule has 0 aromatic heterocycles. The van der Waals surface area contributed by atoms with E-state index in [1.807, 2.05) is 19.1 Å². The zero-order chi connectivity index (χ0) is 26.4. The van der Waals surface area contributed by atoms with Crippen LogP contribution in [0.2, 0.25) is 0 Å². The van der Waals surface area contributed by atoms with Gasteiger partial charge >= 0.3 is 0 Å². The molecule has 2 aliphatic rings. The van der Waals surface area contributed by atoms with E-state index >= 15 is 0 Å². The fourth-order valence-corrected chi connectivity index (χ4v) is 5.80. The van der Waals surface area contributed by atoms with E-state index in [0.29, 0.717) is 6.42 Å². The summed E-state index contributed by atoms with van der Waals surface area (Å²) in [6, 6.07) is 10.3. The van der Waals surface area contributed by atoms with Crippen LogP contribution in [0.15, 0.2) is 30.3 Å². The molecule has 2 aromatic rings. The molecule has 5 N–H and O–H groups in total. The molecule has 0 radical (unpaired) electrons. The number of rotatable bonds is 5. The fourth-order valence-electron chi connectivity index (χ4n) is 5.80. The number of aromatic hydroxyl groups is 1. The standard InChI is InChI=1S/C29H40O7/c1-15-6-7-17(10-22(15)29(3,4)5)25-20-8-16(2)23(31)11-18(20)9-19(12-30)21(25)13-35-28-27(34)26(33)24(32)14-36-28/h6-8,10-11,19,21,24-28,30-34H,9,12-14H2,1-5H3/t19-,21-,24-,25?,26+,27-,28-/m1/s1. The lowest BCUT2D eigenvalue weighted by Gasteiger charge is -2.42. The Hall–Kier alpha value is -2.00. The van der Waals surface area contributed by atoms with E-state index in [-0.39, 0.29) is 48.7 Å². The summed E-state index contributed by atoms with van der Waals surface area (Å²) in [4.78, 5) is 0. The molecule has 1 fully saturated rings. The first-order valence-electron chi connectivity index (χ1n) is 12.7.